The molecule has 162 valence electrons. The average Bonchev–Trinajstić information content (AvgIpc) is 2.76. The quantitative estimate of drug-likeness (QED) is 0.512. The SMILES string of the molecule is C=C1C=C(c2ccc(CCC(F)F)nc2)N=C(c2cc(CNC(=C)CC)ccc2Cl)N1. The van der Waals surface area contributed by atoms with Crippen LogP contribution in [-0.2, 0) is 13.0 Å². The molecule has 2 aromatic rings. The number of nitrogens with zero attached hydrogens (tertiary/aromatic N) is 2. The minimum atomic E-state index is -2.33. The molecule has 0 amide bonds. The van der Waals surface area contributed by atoms with Crippen LogP contribution in [-0.4, -0.2) is 17.2 Å². The van der Waals surface area contributed by atoms with E-state index in [0.717, 1.165) is 28.8 Å². The van der Waals surface area contributed by atoms with E-state index in [1.54, 1.807) is 12.3 Å². The molecule has 1 aliphatic rings. The van der Waals surface area contributed by atoms with Crippen molar-refractivity contribution in [2.24, 2.45) is 4.99 Å². The topological polar surface area (TPSA) is 49.3 Å². The van der Waals surface area contributed by atoms with Crippen LogP contribution in [0, 0.1) is 0 Å². The summed E-state index contributed by atoms with van der Waals surface area (Å²) in [5.41, 5.74) is 5.51. The number of halogens is 3. The van der Waals surface area contributed by atoms with Crippen LogP contribution in [0.3, 0.4) is 0 Å². The number of alkyl halides is 2. The monoisotopic (exact) mass is 442 g/mol. The van der Waals surface area contributed by atoms with Gasteiger partial charge in [0.2, 0.25) is 6.43 Å². The second-order valence-corrected chi connectivity index (χ2v) is 7.64. The van der Waals surface area contributed by atoms with Crippen LogP contribution in [0.5, 0.6) is 0 Å². The van der Waals surface area contributed by atoms with Crippen LogP contribution in [0.4, 0.5) is 8.78 Å². The number of aromatic nitrogens is 1. The Morgan fingerprint density at radius 1 is 1.26 bits per heavy atom. The number of hydrogen-bond donors (Lipinski definition) is 2. The molecule has 1 aromatic carbocycles. The van der Waals surface area contributed by atoms with Crippen LogP contribution in [0.1, 0.15) is 42.1 Å². The van der Waals surface area contributed by atoms with E-state index in [4.69, 9.17) is 16.6 Å². The van der Waals surface area contributed by atoms with Crippen molar-refractivity contribution < 1.29 is 8.78 Å². The highest BCUT2D eigenvalue weighted by atomic mass is 35.5. The standard InChI is InChI=1S/C24H25ClF2N4/c1-4-15(2)28-13-17-5-9-21(25)20(12-17)24-30-16(3)11-22(31-24)18-6-7-19(29-14-18)8-10-23(26)27/h5-7,9,11-12,14,23,28H,2-4,8,10,13H2,1H3,(H,30,31). The summed E-state index contributed by atoms with van der Waals surface area (Å²) in [6, 6.07) is 9.35. The first kappa shape index (κ1) is 22.7. The highest BCUT2D eigenvalue weighted by molar-refractivity contribution is 6.34. The maximum Gasteiger partial charge on any atom is 0.239 e. The first-order valence-electron chi connectivity index (χ1n) is 10.1. The van der Waals surface area contributed by atoms with Crippen molar-refractivity contribution in [3.05, 3.63) is 94.6 Å². The maximum absolute atomic E-state index is 12.4. The van der Waals surface area contributed by atoms with Gasteiger partial charge in [0.05, 0.1) is 10.7 Å². The second-order valence-electron chi connectivity index (χ2n) is 7.23. The molecule has 4 nitrogen and oxygen atoms in total. The van der Waals surface area contributed by atoms with Crippen molar-refractivity contribution in [1.29, 1.82) is 0 Å². The summed E-state index contributed by atoms with van der Waals surface area (Å²) < 4.78 is 24.8. The number of aliphatic imine (C=N–C) groups is 1. The number of rotatable bonds is 9. The van der Waals surface area contributed by atoms with E-state index in [2.05, 4.69) is 28.8 Å². The van der Waals surface area contributed by atoms with Crippen LogP contribution in [0.2, 0.25) is 5.02 Å². The van der Waals surface area contributed by atoms with Gasteiger partial charge >= 0.3 is 0 Å². The minimum Gasteiger partial charge on any atom is -0.385 e. The molecular weight excluding hydrogens is 418 g/mol. The number of allylic oxidation sites excluding steroid dienone is 2. The first-order chi connectivity index (χ1) is 14.9. The molecule has 2 N–H and O–H groups in total. The molecule has 0 radical (unpaired) electrons. The lowest BCUT2D eigenvalue weighted by molar-refractivity contribution is 0.137. The number of hydrogen-bond acceptors (Lipinski definition) is 4. The Morgan fingerprint density at radius 3 is 2.74 bits per heavy atom. The van der Waals surface area contributed by atoms with Crippen molar-refractivity contribution >= 4 is 23.1 Å². The number of amidine groups is 1. The zero-order valence-electron chi connectivity index (χ0n) is 17.4. The van der Waals surface area contributed by atoms with E-state index < -0.39 is 6.43 Å². The molecular formula is C24H25ClF2N4. The molecule has 1 aromatic heterocycles. The fourth-order valence-corrected chi connectivity index (χ4v) is 3.21. The average molecular weight is 443 g/mol. The fourth-order valence-electron chi connectivity index (χ4n) is 3.01. The van der Waals surface area contributed by atoms with Gasteiger partial charge in [0.15, 0.2) is 0 Å². The number of aryl methyl sites for hydroxylation is 1. The normalized spacial score (nSPS) is 13.5. The smallest absolute Gasteiger partial charge is 0.239 e. The van der Waals surface area contributed by atoms with Gasteiger partial charge in [-0.25, -0.2) is 13.8 Å². The second kappa shape index (κ2) is 10.4. The molecule has 0 fully saturated rings. The van der Waals surface area contributed by atoms with Gasteiger partial charge in [-0.05, 0) is 48.7 Å². The Labute approximate surface area is 186 Å². The highest BCUT2D eigenvalue weighted by Gasteiger charge is 2.16. The van der Waals surface area contributed by atoms with Gasteiger partial charge in [-0.2, -0.15) is 0 Å². The highest BCUT2D eigenvalue weighted by Crippen LogP contribution is 2.25. The molecule has 0 aliphatic carbocycles. The number of benzene rings is 1. The molecule has 0 atom stereocenters. The molecule has 0 bridgehead atoms. The predicted molar refractivity (Wildman–Crippen MR) is 123 cm³/mol. The van der Waals surface area contributed by atoms with Gasteiger partial charge in [-0.15, -0.1) is 0 Å². The largest absolute Gasteiger partial charge is 0.385 e. The Bertz CT molecular complexity index is 1030. The van der Waals surface area contributed by atoms with Crippen molar-refractivity contribution in [2.45, 2.75) is 39.2 Å². The summed E-state index contributed by atoms with van der Waals surface area (Å²) in [6.45, 7) is 10.7. The van der Waals surface area contributed by atoms with Gasteiger partial charge < -0.3 is 10.6 Å². The Balaban J connectivity index is 1.83. The Kier molecular flexibility index (Phi) is 7.58. The summed E-state index contributed by atoms with van der Waals surface area (Å²) in [6.07, 6.45) is 2.01. The van der Waals surface area contributed by atoms with E-state index in [9.17, 15) is 8.78 Å². The van der Waals surface area contributed by atoms with Crippen molar-refractivity contribution in [3.63, 3.8) is 0 Å². The Morgan fingerprint density at radius 2 is 2.06 bits per heavy atom. The first-order valence-corrected chi connectivity index (χ1v) is 10.4. The van der Waals surface area contributed by atoms with Crippen molar-refractivity contribution in [2.75, 3.05) is 0 Å². The third-order valence-corrected chi connectivity index (χ3v) is 5.15. The fraction of sp³-hybridized carbons (Fsp3) is 0.250. The molecule has 31 heavy (non-hydrogen) atoms. The lowest BCUT2D eigenvalue weighted by Gasteiger charge is -2.19. The van der Waals surface area contributed by atoms with E-state index in [1.807, 2.05) is 37.3 Å². The summed E-state index contributed by atoms with van der Waals surface area (Å²) in [5.74, 6) is 0.588. The Hall–Kier alpha value is -2.99. The van der Waals surface area contributed by atoms with E-state index in [1.165, 1.54) is 0 Å². The third-order valence-electron chi connectivity index (χ3n) is 4.82. The van der Waals surface area contributed by atoms with Crippen LogP contribution >= 0.6 is 11.6 Å². The summed E-state index contributed by atoms with van der Waals surface area (Å²) in [4.78, 5) is 9.01. The summed E-state index contributed by atoms with van der Waals surface area (Å²) >= 11 is 6.46. The summed E-state index contributed by atoms with van der Waals surface area (Å²) in [5, 5.41) is 7.02. The predicted octanol–water partition coefficient (Wildman–Crippen LogP) is 5.85. The molecule has 7 heteroatoms. The zero-order chi connectivity index (χ0) is 22.4. The van der Waals surface area contributed by atoms with Gasteiger partial charge in [-0.1, -0.05) is 37.7 Å². The minimum absolute atomic E-state index is 0.201. The molecule has 2 heterocycles. The molecule has 0 saturated carbocycles. The summed E-state index contributed by atoms with van der Waals surface area (Å²) in [7, 11) is 0. The van der Waals surface area contributed by atoms with E-state index >= 15 is 0 Å². The third kappa shape index (κ3) is 6.25. The van der Waals surface area contributed by atoms with E-state index in [-0.39, 0.29) is 12.8 Å². The van der Waals surface area contributed by atoms with Gasteiger partial charge in [-0.3, -0.25) is 4.98 Å². The number of pyridine rings is 1. The molecule has 0 unspecified atom stereocenters. The van der Waals surface area contributed by atoms with Gasteiger partial charge in [0, 0.05) is 47.4 Å². The van der Waals surface area contributed by atoms with E-state index in [0.29, 0.717) is 34.5 Å². The van der Waals surface area contributed by atoms with Crippen LogP contribution < -0.4 is 10.6 Å². The molecule has 0 saturated heterocycles. The van der Waals surface area contributed by atoms with Crippen molar-refractivity contribution in [3.8, 4) is 0 Å². The van der Waals surface area contributed by atoms with Gasteiger partial charge in [0.1, 0.15) is 5.84 Å². The maximum atomic E-state index is 12.4. The zero-order valence-corrected chi connectivity index (χ0v) is 18.1. The lowest BCUT2D eigenvalue weighted by Crippen LogP contribution is -2.26. The lowest BCUT2D eigenvalue weighted by atomic mass is 10.1. The van der Waals surface area contributed by atoms with Crippen LogP contribution in [0.15, 0.2) is 72.1 Å². The van der Waals surface area contributed by atoms with Gasteiger partial charge in [0.25, 0.3) is 0 Å². The molecule has 0 spiro atoms. The number of nitrogens with one attached hydrogen (secondary N) is 2. The van der Waals surface area contributed by atoms with Crippen molar-refractivity contribution in [1.82, 2.24) is 15.6 Å². The van der Waals surface area contributed by atoms with Crippen LogP contribution in [0.25, 0.3) is 5.70 Å². The molecule has 3 rings (SSSR count). The molecule has 1 aliphatic heterocycles.